The van der Waals surface area contributed by atoms with Crippen LogP contribution < -0.4 is 4.90 Å². The van der Waals surface area contributed by atoms with E-state index in [-0.39, 0.29) is 18.2 Å². The molecule has 1 aromatic carbocycles. The molecule has 23 heavy (non-hydrogen) atoms. The number of aromatic nitrogens is 2. The van der Waals surface area contributed by atoms with Gasteiger partial charge in [0.15, 0.2) is 0 Å². The molecule has 0 aliphatic carbocycles. The average molecular weight is 340 g/mol. The maximum absolute atomic E-state index is 12.5. The van der Waals surface area contributed by atoms with Crippen LogP contribution in [0.3, 0.4) is 0 Å². The first kappa shape index (κ1) is 15.5. The molecule has 3 rings (SSSR count). The molecule has 0 N–H and O–H groups in total. The van der Waals surface area contributed by atoms with E-state index in [1.54, 1.807) is 11.3 Å². The van der Waals surface area contributed by atoms with E-state index in [1.165, 1.54) is 23.0 Å². The van der Waals surface area contributed by atoms with Gasteiger partial charge in [0.25, 0.3) is 0 Å². The Balaban J connectivity index is 1.75. The third-order valence-corrected chi connectivity index (χ3v) is 4.97. The summed E-state index contributed by atoms with van der Waals surface area (Å²) in [4.78, 5) is 23.3. The van der Waals surface area contributed by atoms with E-state index in [0.717, 1.165) is 20.9 Å². The third-order valence-electron chi connectivity index (χ3n) is 3.16. The zero-order chi connectivity index (χ0) is 16.1. The Hall–Kier alpha value is -2.43. The molecule has 0 atom stereocenters. The Morgan fingerprint density at radius 2 is 2.09 bits per heavy atom. The van der Waals surface area contributed by atoms with Crippen molar-refractivity contribution in [3.63, 3.8) is 0 Å². The number of hydrogen-bond donors (Lipinski definition) is 0. The van der Waals surface area contributed by atoms with E-state index < -0.39 is 0 Å². The maximum Gasteiger partial charge on any atom is 0.238 e. The smallest absolute Gasteiger partial charge is 0.238 e. The normalized spacial score (nSPS) is 10.4. The standard InChI is InChI=1S/C16H12N4OS2/c17-7-8-20(12-4-2-1-3-5-12)14(21)10-23-16-13-6-9-22-15(13)18-11-19-16/h1-6,9,11H,8,10H2. The highest BCUT2D eigenvalue weighted by Gasteiger charge is 2.16. The van der Waals surface area contributed by atoms with Crippen LogP contribution in [-0.4, -0.2) is 28.2 Å². The second kappa shape index (κ2) is 7.22. The molecule has 0 saturated heterocycles. The van der Waals surface area contributed by atoms with Crippen LogP contribution in [0.2, 0.25) is 0 Å². The van der Waals surface area contributed by atoms with E-state index in [4.69, 9.17) is 5.26 Å². The number of nitrogens with zero attached hydrogens (tertiary/aromatic N) is 4. The Morgan fingerprint density at radius 3 is 2.87 bits per heavy atom. The number of benzene rings is 1. The lowest BCUT2D eigenvalue weighted by Gasteiger charge is -2.19. The number of para-hydroxylation sites is 1. The molecule has 3 aromatic rings. The van der Waals surface area contributed by atoms with E-state index >= 15 is 0 Å². The molecule has 7 heteroatoms. The Bertz CT molecular complexity index is 857. The van der Waals surface area contributed by atoms with Gasteiger partial charge in [-0.05, 0) is 23.6 Å². The summed E-state index contributed by atoms with van der Waals surface area (Å²) in [5, 5.41) is 12.7. The molecule has 114 valence electrons. The summed E-state index contributed by atoms with van der Waals surface area (Å²) >= 11 is 2.91. The molecular formula is C16H12N4OS2. The Labute approximate surface area is 141 Å². The summed E-state index contributed by atoms with van der Waals surface area (Å²) in [6, 6.07) is 13.2. The number of carbonyl (C=O) groups is 1. The van der Waals surface area contributed by atoms with Gasteiger partial charge in [-0.15, -0.1) is 11.3 Å². The molecule has 1 amide bonds. The fourth-order valence-corrected chi connectivity index (χ4v) is 3.75. The number of amides is 1. The fraction of sp³-hybridized carbons (Fsp3) is 0.125. The van der Waals surface area contributed by atoms with E-state index in [9.17, 15) is 4.79 Å². The van der Waals surface area contributed by atoms with Crippen molar-refractivity contribution in [2.45, 2.75) is 5.03 Å². The molecule has 0 saturated carbocycles. The summed E-state index contributed by atoms with van der Waals surface area (Å²) in [5.41, 5.74) is 0.725. The largest absolute Gasteiger partial charge is 0.298 e. The van der Waals surface area contributed by atoms with Crippen molar-refractivity contribution < 1.29 is 4.79 Å². The minimum Gasteiger partial charge on any atom is -0.298 e. The van der Waals surface area contributed by atoms with E-state index in [1.807, 2.05) is 47.8 Å². The van der Waals surface area contributed by atoms with Gasteiger partial charge in [-0.1, -0.05) is 30.0 Å². The number of fused-ring (bicyclic) bond motifs is 1. The molecule has 0 unspecified atom stereocenters. The van der Waals surface area contributed by atoms with Crippen LogP contribution in [0.4, 0.5) is 5.69 Å². The lowest BCUT2D eigenvalue weighted by atomic mass is 10.3. The van der Waals surface area contributed by atoms with Crippen LogP contribution in [0.25, 0.3) is 10.2 Å². The first-order valence-corrected chi connectivity index (χ1v) is 8.69. The van der Waals surface area contributed by atoms with Crippen molar-refractivity contribution in [3.05, 3.63) is 48.1 Å². The highest BCUT2D eigenvalue weighted by molar-refractivity contribution is 8.00. The number of thiophene rings is 1. The number of rotatable bonds is 5. The van der Waals surface area contributed by atoms with Crippen molar-refractivity contribution in [3.8, 4) is 6.07 Å². The molecule has 5 nitrogen and oxygen atoms in total. The van der Waals surface area contributed by atoms with Crippen molar-refractivity contribution in [1.82, 2.24) is 9.97 Å². The maximum atomic E-state index is 12.5. The van der Waals surface area contributed by atoms with Gasteiger partial charge in [0.1, 0.15) is 22.7 Å². The van der Waals surface area contributed by atoms with Gasteiger partial charge in [-0.3, -0.25) is 9.69 Å². The van der Waals surface area contributed by atoms with Gasteiger partial charge < -0.3 is 0 Å². The van der Waals surface area contributed by atoms with Crippen LogP contribution in [0.5, 0.6) is 0 Å². The molecule has 0 aliphatic heterocycles. The van der Waals surface area contributed by atoms with Crippen molar-refractivity contribution in [2.75, 3.05) is 17.2 Å². The molecule has 2 aromatic heterocycles. The van der Waals surface area contributed by atoms with Crippen molar-refractivity contribution >= 4 is 44.9 Å². The van der Waals surface area contributed by atoms with Gasteiger partial charge in [0.2, 0.25) is 5.91 Å². The van der Waals surface area contributed by atoms with Gasteiger partial charge in [0.05, 0.1) is 11.8 Å². The molecule has 2 heterocycles. The topological polar surface area (TPSA) is 69.9 Å². The van der Waals surface area contributed by atoms with Crippen LogP contribution >= 0.6 is 23.1 Å². The highest BCUT2D eigenvalue weighted by atomic mass is 32.2. The number of thioether (sulfide) groups is 1. The van der Waals surface area contributed by atoms with Crippen molar-refractivity contribution in [2.24, 2.45) is 0 Å². The summed E-state index contributed by atoms with van der Waals surface area (Å²) in [6.07, 6.45) is 1.51. The lowest BCUT2D eigenvalue weighted by Crippen LogP contribution is -2.32. The second-order valence-electron chi connectivity index (χ2n) is 4.58. The van der Waals surface area contributed by atoms with Crippen LogP contribution in [-0.2, 0) is 4.79 Å². The quantitative estimate of drug-likeness (QED) is 0.405. The summed E-state index contributed by atoms with van der Waals surface area (Å²) in [6.45, 7) is 0.0288. The Morgan fingerprint density at radius 1 is 1.26 bits per heavy atom. The molecule has 0 spiro atoms. The molecule has 0 fully saturated rings. The fourth-order valence-electron chi connectivity index (χ4n) is 2.09. The SMILES string of the molecule is N#CCN(C(=O)CSc1ncnc2sccc12)c1ccccc1. The molecule has 0 radical (unpaired) electrons. The number of hydrogen-bond acceptors (Lipinski definition) is 6. The first-order chi connectivity index (χ1) is 11.3. The predicted octanol–water partition coefficient (Wildman–Crippen LogP) is 3.34. The minimum atomic E-state index is -0.121. The van der Waals surface area contributed by atoms with Crippen LogP contribution in [0.15, 0.2) is 53.1 Å². The summed E-state index contributed by atoms with van der Waals surface area (Å²) < 4.78 is 0. The molecule has 0 aliphatic rings. The average Bonchev–Trinajstić information content (AvgIpc) is 3.07. The summed E-state index contributed by atoms with van der Waals surface area (Å²) in [7, 11) is 0. The number of anilines is 1. The van der Waals surface area contributed by atoms with Crippen LogP contribution in [0, 0.1) is 11.3 Å². The highest BCUT2D eigenvalue weighted by Crippen LogP contribution is 2.28. The summed E-state index contributed by atoms with van der Waals surface area (Å²) in [5.74, 6) is 0.100. The van der Waals surface area contributed by atoms with Crippen LogP contribution in [0.1, 0.15) is 0 Å². The van der Waals surface area contributed by atoms with Gasteiger partial charge >= 0.3 is 0 Å². The minimum absolute atomic E-state index is 0.0288. The molecular weight excluding hydrogens is 328 g/mol. The van der Waals surface area contributed by atoms with E-state index in [0.29, 0.717) is 0 Å². The van der Waals surface area contributed by atoms with E-state index in [2.05, 4.69) is 9.97 Å². The monoisotopic (exact) mass is 340 g/mol. The van der Waals surface area contributed by atoms with Gasteiger partial charge in [-0.25, -0.2) is 9.97 Å². The number of nitriles is 1. The van der Waals surface area contributed by atoms with Gasteiger partial charge in [-0.2, -0.15) is 5.26 Å². The second-order valence-corrected chi connectivity index (χ2v) is 6.44. The third kappa shape index (κ3) is 3.50. The van der Waals surface area contributed by atoms with Crippen molar-refractivity contribution in [1.29, 1.82) is 5.26 Å². The lowest BCUT2D eigenvalue weighted by molar-refractivity contribution is -0.116. The predicted molar refractivity (Wildman–Crippen MR) is 92.5 cm³/mol. The van der Waals surface area contributed by atoms with Gasteiger partial charge in [0, 0.05) is 11.1 Å². The first-order valence-electron chi connectivity index (χ1n) is 6.83. The number of carbonyl (C=O) groups excluding carboxylic acids is 1. The Kier molecular flexibility index (Phi) is 4.86. The zero-order valence-corrected chi connectivity index (χ0v) is 13.7. The molecule has 0 bridgehead atoms. The zero-order valence-electron chi connectivity index (χ0n) is 12.0.